The number of rotatable bonds is 5. The summed E-state index contributed by atoms with van der Waals surface area (Å²) in [7, 11) is 0. The monoisotopic (exact) mass is 425 g/mol. The minimum absolute atomic E-state index is 0.0150. The van der Waals surface area contributed by atoms with Gasteiger partial charge in [-0.1, -0.05) is 29.8 Å². The molecular weight excluding hydrogens is 407 g/mol. The Kier molecular flexibility index (Phi) is 6.07. The number of carboxylic acid groups (broad SMARTS) is 1. The van der Waals surface area contributed by atoms with Gasteiger partial charge in [-0.3, -0.25) is 4.79 Å². The van der Waals surface area contributed by atoms with Crippen LogP contribution in [0.25, 0.3) is 11.6 Å². The first-order valence-electron chi connectivity index (χ1n) is 8.96. The topological polar surface area (TPSA) is 58.6 Å². The second-order valence-electron chi connectivity index (χ2n) is 6.80. The van der Waals surface area contributed by atoms with E-state index < -0.39 is 17.7 Å². The Balaban J connectivity index is 1.85. The quantitative estimate of drug-likeness (QED) is 0.580. The van der Waals surface area contributed by atoms with E-state index in [1.54, 1.807) is 31.2 Å². The number of carbonyl (C=O) groups is 1. The van der Waals surface area contributed by atoms with E-state index in [9.17, 15) is 18.0 Å². The van der Waals surface area contributed by atoms with E-state index in [4.69, 9.17) is 21.4 Å². The van der Waals surface area contributed by atoms with E-state index in [1.165, 1.54) is 12.1 Å². The van der Waals surface area contributed by atoms with Crippen molar-refractivity contribution in [3.05, 3.63) is 58.1 Å². The number of benzene rings is 2. The molecule has 1 heterocycles. The lowest BCUT2D eigenvalue weighted by Crippen LogP contribution is -2.31. The van der Waals surface area contributed by atoms with Crippen molar-refractivity contribution in [1.29, 1.82) is 0 Å². The molecule has 0 bridgehead atoms. The fourth-order valence-electron chi connectivity index (χ4n) is 3.25. The molecule has 8 heteroatoms. The number of nitrogens with one attached hydrogen (secondary N) is 1. The molecule has 0 saturated carbocycles. The lowest BCUT2D eigenvalue weighted by molar-refractivity contribution is -0.138. The van der Waals surface area contributed by atoms with Gasteiger partial charge in [-0.15, -0.1) is 0 Å². The fourth-order valence-corrected chi connectivity index (χ4v) is 3.58. The third-order valence-corrected chi connectivity index (χ3v) is 4.91. The second kappa shape index (κ2) is 8.37. The van der Waals surface area contributed by atoms with Gasteiger partial charge in [-0.2, -0.15) is 13.2 Å². The normalized spacial score (nSPS) is 16.6. The summed E-state index contributed by atoms with van der Waals surface area (Å²) in [5.74, 6) is -0.302. The smallest absolute Gasteiger partial charge is 0.417 e. The highest BCUT2D eigenvalue weighted by atomic mass is 35.5. The molecule has 1 aliphatic heterocycles. The van der Waals surface area contributed by atoms with Crippen molar-refractivity contribution in [2.24, 2.45) is 0 Å². The van der Waals surface area contributed by atoms with Gasteiger partial charge in [0.15, 0.2) is 0 Å². The first-order chi connectivity index (χ1) is 13.6. The van der Waals surface area contributed by atoms with Crippen molar-refractivity contribution in [3.8, 4) is 5.75 Å². The third kappa shape index (κ3) is 5.03. The van der Waals surface area contributed by atoms with Gasteiger partial charge in [0, 0.05) is 17.0 Å². The van der Waals surface area contributed by atoms with Gasteiger partial charge in [-0.25, -0.2) is 0 Å². The molecule has 0 amide bonds. The van der Waals surface area contributed by atoms with Crippen molar-refractivity contribution >= 4 is 34.9 Å². The van der Waals surface area contributed by atoms with Crippen molar-refractivity contribution in [2.45, 2.75) is 32.0 Å². The number of aliphatic carboxylic acids is 1. The van der Waals surface area contributed by atoms with Crippen LogP contribution in [0.2, 0.25) is 5.02 Å². The molecule has 0 fully saturated rings. The minimum atomic E-state index is -4.51. The molecule has 29 heavy (non-hydrogen) atoms. The predicted octanol–water partition coefficient (Wildman–Crippen LogP) is 5.96. The number of hydrogen-bond donors (Lipinski definition) is 2. The Morgan fingerprint density at radius 1 is 1.34 bits per heavy atom. The fraction of sp³-hybridized carbons (Fsp3) is 0.286. The summed E-state index contributed by atoms with van der Waals surface area (Å²) in [4.78, 5) is 10.7. The van der Waals surface area contributed by atoms with E-state index in [1.807, 2.05) is 0 Å². The molecule has 3 rings (SSSR count). The highest BCUT2D eigenvalue weighted by molar-refractivity contribution is 6.32. The zero-order valence-corrected chi connectivity index (χ0v) is 16.3. The average molecular weight is 426 g/mol. The number of anilines is 1. The van der Waals surface area contributed by atoms with Crippen molar-refractivity contribution in [3.63, 3.8) is 0 Å². The van der Waals surface area contributed by atoms with Gasteiger partial charge in [0.05, 0.1) is 17.8 Å². The molecule has 2 aromatic rings. The average Bonchev–Trinajstić information content (AvgIpc) is 2.65. The summed E-state index contributed by atoms with van der Waals surface area (Å²) in [6.07, 6.45) is -2.73. The van der Waals surface area contributed by atoms with Crippen LogP contribution in [-0.4, -0.2) is 23.7 Å². The number of alkyl halides is 3. The molecule has 0 aliphatic carbocycles. The molecule has 2 N–H and O–H groups in total. The van der Waals surface area contributed by atoms with Crippen LogP contribution in [-0.2, 0) is 11.0 Å². The zero-order valence-electron chi connectivity index (χ0n) is 15.5. The van der Waals surface area contributed by atoms with Gasteiger partial charge in [0.25, 0.3) is 0 Å². The van der Waals surface area contributed by atoms with Crippen molar-refractivity contribution < 1.29 is 27.8 Å². The number of hydrogen-bond acceptors (Lipinski definition) is 3. The summed E-state index contributed by atoms with van der Waals surface area (Å²) in [6, 6.07) is 8.94. The largest absolute Gasteiger partial charge is 0.486 e. The van der Waals surface area contributed by atoms with Gasteiger partial charge in [-0.05, 0) is 48.7 Å². The molecule has 0 radical (unpaired) electrons. The highest BCUT2D eigenvalue weighted by Gasteiger charge is 2.34. The molecule has 1 unspecified atom stereocenters. The molecule has 1 atom stereocenters. The molecular formula is C21H19ClF3NO3. The first-order valence-corrected chi connectivity index (χ1v) is 9.33. The number of carboxylic acids is 1. The van der Waals surface area contributed by atoms with Crippen LogP contribution in [0.4, 0.5) is 18.9 Å². The van der Waals surface area contributed by atoms with Crippen LogP contribution in [0.3, 0.4) is 0 Å². The predicted molar refractivity (Wildman–Crippen MR) is 106 cm³/mol. The maximum absolute atomic E-state index is 13.4. The van der Waals surface area contributed by atoms with Gasteiger partial charge < -0.3 is 15.2 Å². The molecule has 0 spiro atoms. The molecule has 154 valence electrons. The zero-order chi connectivity index (χ0) is 21.2. The Hall–Kier alpha value is -2.67. The Morgan fingerprint density at radius 2 is 2.10 bits per heavy atom. The van der Waals surface area contributed by atoms with Crippen LogP contribution in [0.5, 0.6) is 5.75 Å². The number of allylic oxidation sites excluding steroid dienone is 1. The van der Waals surface area contributed by atoms with Gasteiger partial charge >= 0.3 is 12.1 Å². The summed E-state index contributed by atoms with van der Waals surface area (Å²) < 4.78 is 45.9. The van der Waals surface area contributed by atoms with Gasteiger partial charge in [0.1, 0.15) is 11.9 Å². The summed E-state index contributed by atoms with van der Waals surface area (Å²) >= 11 is 6.06. The van der Waals surface area contributed by atoms with E-state index in [0.717, 1.165) is 6.07 Å². The van der Waals surface area contributed by atoms with Crippen LogP contribution >= 0.6 is 11.6 Å². The Morgan fingerprint density at radius 3 is 2.79 bits per heavy atom. The summed E-state index contributed by atoms with van der Waals surface area (Å²) in [5, 5.41) is 12.0. The Labute approximate surface area is 170 Å². The lowest BCUT2D eigenvalue weighted by Gasteiger charge is -2.27. The van der Waals surface area contributed by atoms with Crippen LogP contribution in [0, 0.1) is 0 Å². The number of fused-ring (bicyclic) bond motifs is 1. The van der Waals surface area contributed by atoms with Gasteiger partial charge in [0.2, 0.25) is 0 Å². The van der Waals surface area contributed by atoms with Crippen LogP contribution in [0.15, 0.2) is 36.4 Å². The third-order valence-electron chi connectivity index (χ3n) is 4.59. The molecule has 0 saturated heterocycles. The van der Waals surface area contributed by atoms with Crippen LogP contribution < -0.4 is 10.1 Å². The first kappa shape index (κ1) is 21.0. The van der Waals surface area contributed by atoms with E-state index in [-0.39, 0.29) is 23.1 Å². The van der Waals surface area contributed by atoms with Crippen molar-refractivity contribution in [1.82, 2.24) is 0 Å². The van der Waals surface area contributed by atoms with E-state index in [0.29, 0.717) is 35.5 Å². The number of halogens is 4. The lowest BCUT2D eigenvalue weighted by atomic mass is 9.98. The van der Waals surface area contributed by atoms with E-state index in [2.05, 4.69) is 5.32 Å². The molecule has 1 aliphatic rings. The molecule has 4 nitrogen and oxygen atoms in total. The molecule has 2 aromatic carbocycles. The summed E-state index contributed by atoms with van der Waals surface area (Å²) in [5.41, 5.74) is 0.957. The SMILES string of the molecule is CC(=Cc1ccc2c(c1)NCC(CCC(=O)O)O2)c1c(Cl)cccc1C(F)(F)F. The van der Waals surface area contributed by atoms with Crippen molar-refractivity contribution in [2.75, 3.05) is 11.9 Å². The van der Waals surface area contributed by atoms with E-state index >= 15 is 0 Å². The standard InChI is InChI=1S/C21H19ClF3NO3/c1-12(20-15(21(23,24)25)3-2-4-16(20)22)9-13-5-7-18-17(10-13)26-11-14(29-18)6-8-19(27)28/h2-5,7,9-10,14,26H,6,8,11H2,1H3,(H,27,28). The second-order valence-corrected chi connectivity index (χ2v) is 7.20. The summed E-state index contributed by atoms with van der Waals surface area (Å²) in [6.45, 7) is 2.04. The highest BCUT2D eigenvalue weighted by Crippen LogP contribution is 2.39. The maximum atomic E-state index is 13.4. The number of ether oxygens (including phenoxy) is 1. The maximum Gasteiger partial charge on any atom is 0.417 e. The Bertz CT molecular complexity index is 957. The van der Waals surface area contributed by atoms with Crippen LogP contribution in [0.1, 0.15) is 36.5 Å². The minimum Gasteiger partial charge on any atom is -0.486 e. The molecule has 0 aromatic heterocycles.